The van der Waals surface area contributed by atoms with Crippen molar-refractivity contribution in [2.75, 3.05) is 43.6 Å². The summed E-state index contributed by atoms with van der Waals surface area (Å²) in [6, 6.07) is 9.06. The van der Waals surface area contributed by atoms with Crippen molar-refractivity contribution < 1.29 is 19.4 Å². The van der Waals surface area contributed by atoms with E-state index >= 15 is 0 Å². The Balaban J connectivity index is 1.72. The van der Waals surface area contributed by atoms with Crippen molar-refractivity contribution in [2.24, 2.45) is 0 Å². The quantitative estimate of drug-likeness (QED) is 0.637. The van der Waals surface area contributed by atoms with Crippen LogP contribution >= 0.6 is 0 Å². The van der Waals surface area contributed by atoms with Gasteiger partial charge in [-0.1, -0.05) is 6.07 Å². The number of carboxylic acids is 1. The van der Waals surface area contributed by atoms with Gasteiger partial charge in [0, 0.05) is 54.6 Å². The Hall–Kier alpha value is -3.72. The Morgan fingerprint density at radius 2 is 2.03 bits per heavy atom. The summed E-state index contributed by atoms with van der Waals surface area (Å²) < 4.78 is 10.7. The number of rotatable bonds is 6. The summed E-state index contributed by atoms with van der Waals surface area (Å²) in [6.45, 7) is 2.54. The molecule has 2 N–H and O–H groups in total. The number of carbonyl (C=O) groups is 1. The first-order chi connectivity index (χ1) is 14.6. The van der Waals surface area contributed by atoms with Gasteiger partial charge in [-0.2, -0.15) is 4.98 Å². The van der Waals surface area contributed by atoms with E-state index in [4.69, 9.17) is 14.5 Å². The van der Waals surface area contributed by atoms with Crippen molar-refractivity contribution in [1.29, 1.82) is 0 Å². The number of hydrogen-bond donors (Lipinski definition) is 2. The normalized spacial score (nSPS) is 13.7. The lowest BCUT2D eigenvalue weighted by atomic mass is 10.1. The molecule has 0 unspecified atom stereocenters. The van der Waals surface area contributed by atoms with Gasteiger partial charge in [0.25, 0.3) is 0 Å². The van der Waals surface area contributed by atoms with Crippen molar-refractivity contribution >= 4 is 23.4 Å². The zero-order valence-corrected chi connectivity index (χ0v) is 16.4. The van der Waals surface area contributed by atoms with Crippen LogP contribution in [0.15, 0.2) is 48.9 Å². The third-order valence-corrected chi connectivity index (χ3v) is 4.70. The fourth-order valence-corrected chi connectivity index (χ4v) is 3.19. The number of aromatic nitrogens is 3. The minimum atomic E-state index is -1.03. The summed E-state index contributed by atoms with van der Waals surface area (Å²) >= 11 is 0. The number of nitrogens with zero attached hydrogens (tertiary/aromatic N) is 4. The summed E-state index contributed by atoms with van der Waals surface area (Å²) in [5.74, 6) is 0.815. The highest BCUT2D eigenvalue weighted by Crippen LogP contribution is 2.31. The largest absolute Gasteiger partial charge is 0.497 e. The van der Waals surface area contributed by atoms with E-state index in [1.165, 1.54) is 6.20 Å². The van der Waals surface area contributed by atoms with E-state index in [1.807, 2.05) is 24.3 Å². The molecule has 3 heterocycles. The maximum Gasteiger partial charge on any atom is 0.337 e. The molecular formula is C21H21N5O4. The van der Waals surface area contributed by atoms with Gasteiger partial charge in [-0.3, -0.25) is 4.98 Å². The Labute approximate surface area is 173 Å². The van der Waals surface area contributed by atoms with Crippen LogP contribution in [0.1, 0.15) is 10.4 Å². The Morgan fingerprint density at radius 3 is 2.80 bits per heavy atom. The predicted octanol–water partition coefficient (Wildman–Crippen LogP) is 2.83. The van der Waals surface area contributed by atoms with Crippen molar-refractivity contribution in [3.63, 3.8) is 0 Å². The average molecular weight is 407 g/mol. The van der Waals surface area contributed by atoms with Crippen LogP contribution in [-0.2, 0) is 4.74 Å². The highest BCUT2D eigenvalue weighted by molar-refractivity contribution is 5.89. The zero-order valence-electron chi connectivity index (χ0n) is 16.4. The van der Waals surface area contributed by atoms with Gasteiger partial charge >= 0.3 is 5.97 Å². The fourth-order valence-electron chi connectivity index (χ4n) is 3.19. The van der Waals surface area contributed by atoms with E-state index < -0.39 is 5.97 Å². The number of methoxy groups -OCH3 is 1. The van der Waals surface area contributed by atoms with Crippen LogP contribution in [0.5, 0.6) is 5.75 Å². The third kappa shape index (κ3) is 4.31. The number of carboxylic acid groups (broad SMARTS) is 1. The maximum atomic E-state index is 11.4. The van der Waals surface area contributed by atoms with E-state index in [0.29, 0.717) is 49.2 Å². The van der Waals surface area contributed by atoms with Crippen LogP contribution in [0, 0.1) is 0 Å². The van der Waals surface area contributed by atoms with Gasteiger partial charge in [-0.25, -0.2) is 9.78 Å². The SMILES string of the molecule is COc1cccc(Nc2ncc(-c3cncc(C(=O)O)c3)c(N3CCOCC3)n2)c1. The lowest BCUT2D eigenvalue weighted by Crippen LogP contribution is -2.37. The van der Waals surface area contributed by atoms with Gasteiger partial charge in [-0.05, 0) is 18.2 Å². The predicted molar refractivity (Wildman–Crippen MR) is 112 cm³/mol. The van der Waals surface area contributed by atoms with Crippen LogP contribution in [0.25, 0.3) is 11.1 Å². The van der Waals surface area contributed by atoms with E-state index in [-0.39, 0.29) is 5.56 Å². The highest BCUT2D eigenvalue weighted by Gasteiger charge is 2.20. The monoisotopic (exact) mass is 407 g/mol. The lowest BCUT2D eigenvalue weighted by Gasteiger charge is -2.29. The zero-order chi connectivity index (χ0) is 20.9. The minimum absolute atomic E-state index is 0.110. The second-order valence-electron chi connectivity index (χ2n) is 6.65. The number of nitrogens with one attached hydrogen (secondary N) is 1. The first-order valence-corrected chi connectivity index (χ1v) is 9.43. The van der Waals surface area contributed by atoms with Gasteiger partial charge in [0.15, 0.2) is 0 Å². The molecule has 30 heavy (non-hydrogen) atoms. The first kappa shape index (κ1) is 19.6. The molecule has 1 aliphatic heterocycles. The molecule has 1 fully saturated rings. The molecule has 3 aromatic rings. The molecule has 0 aliphatic carbocycles. The van der Waals surface area contributed by atoms with Crippen LogP contribution in [0.3, 0.4) is 0 Å². The van der Waals surface area contributed by atoms with E-state index in [2.05, 4.69) is 20.2 Å². The van der Waals surface area contributed by atoms with Crippen LogP contribution in [-0.4, -0.2) is 59.4 Å². The molecule has 1 aromatic carbocycles. The Morgan fingerprint density at radius 1 is 1.20 bits per heavy atom. The second-order valence-corrected chi connectivity index (χ2v) is 6.65. The van der Waals surface area contributed by atoms with Gasteiger partial charge in [0.05, 0.1) is 25.9 Å². The molecule has 1 saturated heterocycles. The molecule has 0 saturated carbocycles. The first-order valence-electron chi connectivity index (χ1n) is 9.43. The molecule has 9 heteroatoms. The molecule has 2 aromatic heterocycles. The van der Waals surface area contributed by atoms with Crippen LogP contribution in [0.2, 0.25) is 0 Å². The fraction of sp³-hybridized carbons (Fsp3) is 0.238. The molecule has 9 nitrogen and oxygen atoms in total. The standard InChI is InChI=1S/C21H21N5O4/c1-29-17-4-2-3-16(10-17)24-21-23-13-18(14-9-15(20(27)28)12-22-11-14)19(25-21)26-5-7-30-8-6-26/h2-4,9-13H,5-8H2,1H3,(H,27,28)(H,23,24,25). The number of ether oxygens (including phenoxy) is 2. The van der Waals surface area contributed by atoms with Crippen molar-refractivity contribution in [2.45, 2.75) is 0 Å². The Kier molecular flexibility index (Phi) is 5.71. The van der Waals surface area contributed by atoms with Crippen LogP contribution in [0.4, 0.5) is 17.5 Å². The van der Waals surface area contributed by atoms with Crippen molar-refractivity contribution in [1.82, 2.24) is 15.0 Å². The molecule has 0 spiro atoms. The van der Waals surface area contributed by atoms with E-state index in [1.54, 1.807) is 25.6 Å². The van der Waals surface area contributed by atoms with Crippen molar-refractivity contribution in [3.8, 4) is 16.9 Å². The second kappa shape index (κ2) is 8.75. The van der Waals surface area contributed by atoms with Gasteiger partial charge in [0.2, 0.25) is 5.95 Å². The average Bonchev–Trinajstić information content (AvgIpc) is 2.80. The van der Waals surface area contributed by atoms with Crippen LogP contribution < -0.4 is 15.0 Å². The molecule has 0 amide bonds. The van der Waals surface area contributed by atoms with Crippen molar-refractivity contribution in [3.05, 3.63) is 54.5 Å². The number of pyridine rings is 1. The molecule has 4 rings (SSSR count). The number of aromatic carboxylic acids is 1. The molecule has 0 bridgehead atoms. The van der Waals surface area contributed by atoms with Gasteiger partial charge in [-0.15, -0.1) is 0 Å². The summed E-state index contributed by atoms with van der Waals surface area (Å²) in [4.78, 5) is 26.7. The summed E-state index contributed by atoms with van der Waals surface area (Å²) in [6.07, 6.45) is 4.62. The molecule has 1 aliphatic rings. The molecular weight excluding hydrogens is 386 g/mol. The third-order valence-electron chi connectivity index (χ3n) is 4.70. The minimum Gasteiger partial charge on any atom is -0.497 e. The summed E-state index contributed by atoms with van der Waals surface area (Å²) in [7, 11) is 1.61. The number of anilines is 3. The molecule has 0 radical (unpaired) electrons. The summed E-state index contributed by atoms with van der Waals surface area (Å²) in [5.41, 5.74) is 2.26. The number of benzene rings is 1. The Bertz CT molecular complexity index is 1050. The molecule has 0 atom stereocenters. The highest BCUT2D eigenvalue weighted by atomic mass is 16.5. The molecule has 154 valence electrons. The summed E-state index contributed by atoms with van der Waals surface area (Å²) in [5, 5.41) is 12.5. The van der Waals surface area contributed by atoms with E-state index in [0.717, 1.165) is 11.4 Å². The smallest absolute Gasteiger partial charge is 0.337 e. The topological polar surface area (TPSA) is 110 Å². The number of hydrogen-bond acceptors (Lipinski definition) is 8. The van der Waals surface area contributed by atoms with Gasteiger partial charge in [0.1, 0.15) is 11.6 Å². The lowest BCUT2D eigenvalue weighted by molar-refractivity contribution is 0.0696. The van der Waals surface area contributed by atoms with Gasteiger partial charge < -0.3 is 24.8 Å². The maximum absolute atomic E-state index is 11.4. The van der Waals surface area contributed by atoms with E-state index in [9.17, 15) is 9.90 Å². The number of morpholine rings is 1.